The Kier molecular flexibility index (Phi) is 4.20. The zero-order valence-electron chi connectivity index (χ0n) is 9.91. The number of amides is 2. The molecule has 1 aliphatic heterocycles. The zero-order chi connectivity index (χ0) is 13.0. The van der Waals surface area contributed by atoms with E-state index in [-0.39, 0.29) is 11.8 Å². The number of hydrogen-bond acceptors (Lipinski definition) is 2. The summed E-state index contributed by atoms with van der Waals surface area (Å²) in [6.45, 7) is 0.687. The molecule has 2 rings (SSSR count). The third-order valence-electron chi connectivity index (χ3n) is 2.95. The quantitative estimate of drug-likeness (QED) is 0.857. The summed E-state index contributed by atoms with van der Waals surface area (Å²) in [4.78, 5) is 23.6. The summed E-state index contributed by atoms with van der Waals surface area (Å²) in [5.74, 6) is -0.344. The van der Waals surface area contributed by atoms with E-state index in [2.05, 4.69) is 10.6 Å². The van der Waals surface area contributed by atoms with E-state index in [1.54, 1.807) is 24.3 Å². The van der Waals surface area contributed by atoms with Gasteiger partial charge in [0.05, 0.1) is 0 Å². The standard InChI is InChI=1S/C13H15ClN2O2/c14-10-6-4-9(5-7-10)12(17)16-11-3-1-2-8-15-13(11)18/h4-7,11H,1-3,8H2,(H,15,18)(H,16,17)/t11-/m1/s1. The Balaban J connectivity index is 2.01. The van der Waals surface area contributed by atoms with Crippen LogP contribution in [0.5, 0.6) is 0 Å². The van der Waals surface area contributed by atoms with E-state index in [1.807, 2.05) is 0 Å². The summed E-state index contributed by atoms with van der Waals surface area (Å²) in [6, 6.07) is 6.17. The number of benzene rings is 1. The first-order valence-corrected chi connectivity index (χ1v) is 6.39. The summed E-state index contributed by atoms with van der Waals surface area (Å²) in [5.41, 5.74) is 0.511. The molecule has 0 aromatic heterocycles. The second-order valence-electron chi connectivity index (χ2n) is 4.32. The predicted molar refractivity (Wildman–Crippen MR) is 69.6 cm³/mol. The number of halogens is 1. The van der Waals surface area contributed by atoms with Crippen molar-refractivity contribution in [3.8, 4) is 0 Å². The van der Waals surface area contributed by atoms with E-state index >= 15 is 0 Å². The van der Waals surface area contributed by atoms with Gasteiger partial charge in [0, 0.05) is 17.1 Å². The summed E-state index contributed by atoms with van der Waals surface area (Å²) in [6.07, 6.45) is 2.58. The number of carbonyl (C=O) groups is 2. The van der Waals surface area contributed by atoms with Crippen molar-refractivity contribution in [2.45, 2.75) is 25.3 Å². The number of carbonyl (C=O) groups excluding carboxylic acids is 2. The lowest BCUT2D eigenvalue weighted by Crippen LogP contribution is -2.45. The van der Waals surface area contributed by atoms with E-state index in [9.17, 15) is 9.59 Å². The van der Waals surface area contributed by atoms with Crippen LogP contribution in [0.2, 0.25) is 5.02 Å². The Morgan fingerprint density at radius 3 is 2.72 bits per heavy atom. The lowest BCUT2D eigenvalue weighted by Gasteiger charge is -2.15. The van der Waals surface area contributed by atoms with Crippen molar-refractivity contribution in [1.29, 1.82) is 0 Å². The third-order valence-corrected chi connectivity index (χ3v) is 3.20. The van der Waals surface area contributed by atoms with Crippen molar-refractivity contribution in [2.24, 2.45) is 0 Å². The maximum Gasteiger partial charge on any atom is 0.251 e. The SMILES string of the molecule is O=C(N[C@@H]1CCCCNC1=O)c1ccc(Cl)cc1. The van der Waals surface area contributed by atoms with Crippen LogP contribution >= 0.6 is 11.6 Å². The van der Waals surface area contributed by atoms with Gasteiger partial charge >= 0.3 is 0 Å². The molecular weight excluding hydrogens is 252 g/mol. The minimum Gasteiger partial charge on any atom is -0.354 e. The van der Waals surface area contributed by atoms with Crippen LogP contribution in [0.1, 0.15) is 29.6 Å². The summed E-state index contributed by atoms with van der Waals surface area (Å²) < 4.78 is 0. The first kappa shape index (κ1) is 12.9. The highest BCUT2D eigenvalue weighted by Gasteiger charge is 2.22. The molecule has 1 saturated heterocycles. The van der Waals surface area contributed by atoms with Crippen molar-refractivity contribution in [1.82, 2.24) is 10.6 Å². The van der Waals surface area contributed by atoms with E-state index < -0.39 is 6.04 Å². The van der Waals surface area contributed by atoms with Gasteiger partial charge in [-0.3, -0.25) is 9.59 Å². The highest BCUT2D eigenvalue weighted by molar-refractivity contribution is 6.30. The Morgan fingerprint density at radius 1 is 1.28 bits per heavy atom. The van der Waals surface area contributed by atoms with Gasteiger partial charge in [-0.05, 0) is 43.5 Å². The minimum absolute atomic E-state index is 0.102. The topological polar surface area (TPSA) is 58.2 Å². The van der Waals surface area contributed by atoms with Crippen LogP contribution in [0.4, 0.5) is 0 Å². The van der Waals surface area contributed by atoms with Crippen LogP contribution in [0.3, 0.4) is 0 Å². The van der Waals surface area contributed by atoms with Crippen molar-refractivity contribution in [3.05, 3.63) is 34.9 Å². The van der Waals surface area contributed by atoms with Gasteiger partial charge in [0.15, 0.2) is 0 Å². The van der Waals surface area contributed by atoms with E-state index in [1.165, 1.54) is 0 Å². The van der Waals surface area contributed by atoms with E-state index in [0.29, 0.717) is 23.6 Å². The van der Waals surface area contributed by atoms with Gasteiger partial charge in [-0.2, -0.15) is 0 Å². The average Bonchev–Trinajstić information content (AvgIpc) is 2.56. The minimum atomic E-state index is -0.435. The predicted octanol–water partition coefficient (Wildman–Crippen LogP) is 1.74. The Hall–Kier alpha value is -1.55. The number of hydrogen-bond donors (Lipinski definition) is 2. The molecule has 1 aliphatic rings. The molecule has 1 heterocycles. The fourth-order valence-corrected chi connectivity index (χ4v) is 2.05. The molecule has 1 atom stereocenters. The van der Waals surface area contributed by atoms with Crippen LogP contribution < -0.4 is 10.6 Å². The van der Waals surface area contributed by atoms with Crippen LogP contribution in [-0.4, -0.2) is 24.4 Å². The molecule has 2 amide bonds. The molecule has 4 nitrogen and oxygen atoms in total. The molecule has 5 heteroatoms. The highest BCUT2D eigenvalue weighted by atomic mass is 35.5. The second-order valence-corrected chi connectivity index (χ2v) is 4.76. The monoisotopic (exact) mass is 266 g/mol. The van der Waals surface area contributed by atoms with Crippen LogP contribution in [-0.2, 0) is 4.79 Å². The van der Waals surface area contributed by atoms with Crippen molar-refractivity contribution >= 4 is 23.4 Å². The fraction of sp³-hybridized carbons (Fsp3) is 0.385. The summed E-state index contributed by atoms with van der Waals surface area (Å²) in [7, 11) is 0. The molecular formula is C13H15ClN2O2. The van der Waals surface area contributed by atoms with Gasteiger partial charge < -0.3 is 10.6 Å². The molecule has 96 valence electrons. The van der Waals surface area contributed by atoms with Crippen LogP contribution in [0.15, 0.2) is 24.3 Å². The lowest BCUT2D eigenvalue weighted by molar-refractivity contribution is -0.122. The molecule has 0 bridgehead atoms. The number of nitrogens with one attached hydrogen (secondary N) is 2. The smallest absolute Gasteiger partial charge is 0.251 e. The van der Waals surface area contributed by atoms with Gasteiger partial charge in [-0.15, -0.1) is 0 Å². The molecule has 0 unspecified atom stereocenters. The first-order valence-electron chi connectivity index (χ1n) is 6.01. The average molecular weight is 267 g/mol. The molecule has 0 saturated carbocycles. The van der Waals surface area contributed by atoms with Gasteiger partial charge in [0.2, 0.25) is 5.91 Å². The lowest BCUT2D eigenvalue weighted by atomic mass is 10.1. The van der Waals surface area contributed by atoms with E-state index in [0.717, 1.165) is 12.8 Å². The summed E-state index contributed by atoms with van der Waals surface area (Å²) >= 11 is 5.76. The Morgan fingerprint density at radius 2 is 2.00 bits per heavy atom. The molecule has 0 aliphatic carbocycles. The van der Waals surface area contributed by atoms with Gasteiger partial charge in [0.25, 0.3) is 5.91 Å². The van der Waals surface area contributed by atoms with Crippen LogP contribution in [0, 0.1) is 0 Å². The second kappa shape index (κ2) is 5.87. The molecule has 0 radical (unpaired) electrons. The Bertz CT molecular complexity index is 445. The fourth-order valence-electron chi connectivity index (χ4n) is 1.92. The molecule has 2 N–H and O–H groups in total. The Labute approximate surface area is 111 Å². The van der Waals surface area contributed by atoms with Gasteiger partial charge in [-0.1, -0.05) is 11.6 Å². The maximum atomic E-state index is 11.9. The van der Waals surface area contributed by atoms with E-state index in [4.69, 9.17) is 11.6 Å². The maximum absolute atomic E-state index is 11.9. The number of rotatable bonds is 2. The molecule has 0 spiro atoms. The highest BCUT2D eigenvalue weighted by Crippen LogP contribution is 2.11. The molecule has 1 aromatic rings. The third kappa shape index (κ3) is 3.23. The summed E-state index contributed by atoms with van der Waals surface area (Å²) in [5, 5.41) is 6.12. The zero-order valence-corrected chi connectivity index (χ0v) is 10.7. The van der Waals surface area contributed by atoms with Crippen LogP contribution in [0.25, 0.3) is 0 Å². The normalized spacial score (nSPS) is 19.8. The van der Waals surface area contributed by atoms with Crippen molar-refractivity contribution in [3.63, 3.8) is 0 Å². The first-order chi connectivity index (χ1) is 8.66. The molecule has 1 fully saturated rings. The van der Waals surface area contributed by atoms with Gasteiger partial charge in [-0.25, -0.2) is 0 Å². The molecule has 18 heavy (non-hydrogen) atoms. The van der Waals surface area contributed by atoms with Crippen molar-refractivity contribution < 1.29 is 9.59 Å². The van der Waals surface area contributed by atoms with Gasteiger partial charge in [0.1, 0.15) is 6.04 Å². The largest absolute Gasteiger partial charge is 0.354 e. The van der Waals surface area contributed by atoms with Crippen molar-refractivity contribution in [2.75, 3.05) is 6.54 Å². The molecule has 1 aromatic carbocycles.